The zero-order valence-electron chi connectivity index (χ0n) is 12.2. The van der Waals surface area contributed by atoms with E-state index in [0.29, 0.717) is 18.0 Å². The van der Waals surface area contributed by atoms with E-state index in [1.807, 2.05) is 0 Å². The number of likely N-dealkylation sites (N-methyl/N-ethyl adjacent to an activating group) is 1. The molecule has 0 saturated heterocycles. The van der Waals surface area contributed by atoms with Crippen LogP contribution >= 0.6 is 0 Å². The van der Waals surface area contributed by atoms with Crippen LogP contribution in [0.15, 0.2) is 0 Å². The van der Waals surface area contributed by atoms with Crippen LogP contribution in [0.25, 0.3) is 0 Å². The van der Waals surface area contributed by atoms with E-state index >= 15 is 0 Å². The van der Waals surface area contributed by atoms with Crippen LogP contribution in [-0.2, 0) is 0 Å². The quantitative estimate of drug-likeness (QED) is 0.799. The Hall–Kier alpha value is -0.590. The van der Waals surface area contributed by atoms with Gasteiger partial charge in [0.2, 0.25) is 0 Å². The van der Waals surface area contributed by atoms with Gasteiger partial charge in [0.15, 0.2) is 0 Å². The molecule has 0 aromatic rings. The van der Waals surface area contributed by atoms with E-state index in [1.54, 1.807) is 0 Å². The molecule has 0 bridgehead atoms. The summed E-state index contributed by atoms with van der Waals surface area (Å²) in [4.78, 5) is 2.48. The van der Waals surface area contributed by atoms with E-state index in [-0.39, 0.29) is 5.54 Å². The van der Waals surface area contributed by atoms with Crippen LogP contribution in [-0.4, -0.2) is 36.1 Å². The van der Waals surface area contributed by atoms with Gasteiger partial charge in [0.25, 0.3) is 0 Å². The Balaban J connectivity index is 1.64. The fourth-order valence-electron chi connectivity index (χ4n) is 3.66. The molecule has 0 radical (unpaired) electrons. The maximum atomic E-state index is 9.77. The monoisotopic (exact) mass is 261 g/mol. The third-order valence-corrected chi connectivity index (χ3v) is 5.21. The fraction of sp³-hybridized carbons (Fsp3) is 0.938. The number of hydrogen-bond donors (Lipinski definition) is 1. The number of nitrogens with one attached hydrogen (secondary N) is 1. The molecule has 3 rings (SSSR count). The average Bonchev–Trinajstić information content (AvgIpc) is 3.31. The molecular formula is C16H27N3. The van der Waals surface area contributed by atoms with Crippen molar-refractivity contribution in [2.45, 2.75) is 75.4 Å². The molecule has 0 aromatic carbocycles. The lowest BCUT2D eigenvalue weighted by Gasteiger charge is -2.38. The molecule has 1 unspecified atom stereocenters. The Kier molecular flexibility index (Phi) is 3.82. The average molecular weight is 261 g/mol. The topological polar surface area (TPSA) is 39.1 Å². The molecule has 3 aliphatic rings. The summed E-state index contributed by atoms with van der Waals surface area (Å²) in [5.41, 5.74) is -0.257. The number of rotatable bonds is 6. The Bertz CT molecular complexity index is 347. The summed E-state index contributed by atoms with van der Waals surface area (Å²) in [7, 11) is 2.24. The van der Waals surface area contributed by atoms with Crippen molar-refractivity contribution >= 4 is 0 Å². The van der Waals surface area contributed by atoms with Crippen molar-refractivity contribution < 1.29 is 0 Å². The third kappa shape index (κ3) is 3.12. The van der Waals surface area contributed by atoms with Gasteiger partial charge in [0.1, 0.15) is 5.54 Å². The third-order valence-electron chi connectivity index (χ3n) is 5.21. The van der Waals surface area contributed by atoms with Gasteiger partial charge in [-0.15, -0.1) is 0 Å². The highest BCUT2D eigenvalue weighted by Gasteiger charge is 2.49. The van der Waals surface area contributed by atoms with Crippen LogP contribution in [0.3, 0.4) is 0 Å². The van der Waals surface area contributed by atoms with Crippen LogP contribution in [0.1, 0.15) is 57.8 Å². The van der Waals surface area contributed by atoms with Gasteiger partial charge in [-0.25, -0.2) is 0 Å². The van der Waals surface area contributed by atoms with E-state index in [1.165, 1.54) is 57.8 Å². The highest BCUT2D eigenvalue weighted by atomic mass is 15.2. The van der Waals surface area contributed by atoms with Crippen molar-refractivity contribution in [3.05, 3.63) is 0 Å². The normalized spacial score (nSPS) is 28.1. The second-order valence-corrected chi connectivity index (χ2v) is 6.98. The molecule has 0 aromatic heterocycles. The van der Waals surface area contributed by atoms with Crippen molar-refractivity contribution in [1.29, 1.82) is 5.26 Å². The molecule has 1 atom stereocenters. The van der Waals surface area contributed by atoms with Gasteiger partial charge in [0, 0.05) is 18.6 Å². The maximum absolute atomic E-state index is 9.77. The van der Waals surface area contributed by atoms with Gasteiger partial charge in [-0.3, -0.25) is 5.32 Å². The van der Waals surface area contributed by atoms with Crippen LogP contribution < -0.4 is 5.32 Å². The minimum absolute atomic E-state index is 0.257. The van der Waals surface area contributed by atoms with Crippen molar-refractivity contribution in [2.75, 3.05) is 13.6 Å². The predicted octanol–water partition coefficient (Wildman–Crippen LogP) is 2.68. The maximum Gasteiger partial charge on any atom is 0.122 e. The predicted molar refractivity (Wildman–Crippen MR) is 76.7 cm³/mol. The van der Waals surface area contributed by atoms with Crippen LogP contribution in [0.4, 0.5) is 0 Å². The first-order valence-electron chi connectivity index (χ1n) is 8.13. The van der Waals surface area contributed by atoms with Gasteiger partial charge in [-0.2, -0.15) is 5.26 Å². The summed E-state index contributed by atoms with van der Waals surface area (Å²) in [6, 6.07) is 4.00. The highest BCUT2D eigenvalue weighted by Crippen LogP contribution is 2.42. The Morgan fingerprint density at radius 2 is 1.79 bits per heavy atom. The van der Waals surface area contributed by atoms with E-state index in [2.05, 4.69) is 23.3 Å². The number of nitrogens with zero attached hydrogens (tertiary/aromatic N) is 2. The molecule has 19 heavy (non-hydrogen) atoms. The molecule has 3 saturated carbocycles. The summed E-state index contributed by atoms with van der Waals surface area (Å²) >= 11 is 0. The molecule has 0 amide bonds. The lowest BCUT2D eigenvalue weighted by atomic mass is 9.90. The molecule has 3 nitrogen and oxygen atoms in total. The lowest BCUT2D eigenvalue weighted by molar-refractivity contribution is 0.146. The van der Waals surface area contributed by atoms with Crippen LogP contribution in [0.2, 0.25) is 0 Å². The molecule has 106 valence electrons. The number of nitriles is 1. The van der Waals surface area contributed by atoms with Crippen LogP contribution in [0.5, 0.6) is 0 Å². The van der Waals surface area contributed by atoms with Gasteiger partial charge in [0.05, 0.1) is 6.07 Å². The molecule has 0 heterocycles. The van der Waals surface area contributed by atoms with E-state index in [0.717, 1.165) is 6.54 Å². The Morgan fingerprint density at radius 3 is 2.32 bits per heavy atom. The largest absolute Gasteiger partial charge is 0.301 e. The molecule has 0 aliphatic heterocycles. The van der Waals surface area contributed by atoms with Gasteiger partial charge < -0.3 is 4.90 Å². The van der Waals surface area contributed by atoms with Crippen molar-refractivity contribution in [2.24, 2.45) is 5.92 Å². The molecule has 3 heteroatoms. The summed E-state index contributed by atoms with van der Waals surface area (Å²) < 4.78 is 0. The van der Waals surface area contributed by atoms with Gasteiger partial charge in [-0.1, -0.05) is 19.3 Å². The van der Waals surface area contributed by atoms with Crippen LogP contribution in [0, 0.1) is 17.2 Å². The SMILES string of the molecule is CN(CC(C#N)(NC1CC1)C1CC1)C1CCCCC1. The number of hydrogen-bond acceptors (Lipinski definition) is 3. The molecular weight excluding hydrogens is 234 g/mol. The minimum Gasteiger partial charge on any atom is -0.301 e. The fourth-order valence-corrected chi connectivity index (χ4v) is 3.66. The zero-order valence-corrected chi connectivity index (χ0v) is 12.2. The Labute approximate surface area is 117 Å². The standard InChI is InChI=1S/C16H27N3/c1-19(15-5-3-2-4-6-15)12-16(11-17,13-7-8-13)18-14-9-10-14/h13-15,18H,2-10,12H2,1H3. The highest BCUT2D eigenvalue weighted by molar-refractivity contribution is 5.18. The first-order valence-corrected chi connectivity index (χ1v) is 8.13. The summed E-state index contributed by atoms with van der Waals surface area (Å²) in [6.45, 7) is 0.926. The molecule has 0 spiro atoms. The molecule has 1 N–H and O–H groups in total. The second-order valence-electron chi connectivity index (χ2n) is 6.98. The first kappa shape index (κ1) is 13.4. The summed E-state index contributed by atoms with van der Waals surface area (Å²) in [6.07, 6.45) is 11.8. The Morgan fingerprint density at radius 1 is 1.11 bits per heavy atom. The second kappa shape index (κ2) is 5.42. The zero-order chi connectivity index (χ0) is 13.3. The van der Waals surface area contributed by atoms with E-state index in [9.17, 15) is 5.26 Å². The van der Waals surface area contributed by atoms with E-state index in [4.69, 9.17) is 0 Å². The first-order chi connectivity index (χ1) is 9.23. The van der Waals surface area contributed by atoms with Crippen molar-refractivity contribution in [3.63, 3.8) is 0 Å². The summed E-state index contributed by atoms with van der Waals surface area (Å²) in [5.74, 6) is 0.601. The lowest BCUT2D eigenvalue weighted by Crippen LogP contribution is -2.56. The molecule has 3 fully saturated rings. The van der Waals surface area contributed by atoms with E-state index < -0.39 is 0 Å². The van der Waals surface area contributed by atoms with Gasteiger partial charge >= 0.3 is 0 Å². The van der Waals surface area contributed by atoms with Crippen molar-refractivity contribution in [3.8, 4) is 6.07 Å². The minimum atomic E-state index is -0.257. The summed E-state index contributed by atoms with van der Waals surface area (Å²) in [5, 5.41) is 13.5. The smallest absolute Gasteiger partial charge is 0.122 e. The van der Waals surface area contributed by atoms with Gasteiger partial charge in [-0.05, 0) is 51.5 Å². The molecule has 3 aliphatic carbocycles. The van der Waals surface area contributed by atoms with Crippen molar-refractivity contribution in [1.82, 2.24) is 10.2 Å².